The van der Waals surface area contributed by atoms with Gasteiger partial charge in [-0.2, -0.15) is 0 Å². The highest BCUT2D eigenvalue weighted by molar-refractivity contribution is 5.89. The quantitative estimate of drug-likeness (QED) is 0.371. The fourth-order valence-corrected chi connectivity index (χ4v) is 2.07. The van der Waals surface area contributed by atoms with Gasteiger partial charge in [0.05, 0.1) is 32.3 Å². The van der Waals surface area contributed by atoms with Crippen molar-refractivity contribution in [1.29, 1.82) is 0 Å². The first-order chi connectivity index (χ1) is 11.4. The van der Waals surface area contributed by atoms with E-state index in [1.807, 2.05) is 13.8 Å². The smallest absolute Gasteiger partial charge is 0.239 e. The molecule has 0 aromatic rings. The SMILES string of the molecule is CC(C)[C@H](N)C(=O)NCC(=O)NCC(=O)NCCN1CCOCC1. The zero-order chi connectivity index (χ0) is 17.9. The van der Waals surface area contributed by atoms with Gasteiger partial charge in [0, 0.05) is 26.2 Å². The minimum atomic E-state index is -0.652. The number of nitrogens with two attached hydrogens (primary N) is 1. The lowest BCUT2D eigenvalue weighted by Gasteiger charge is -2.26. The molecule has 0 aliphatic carbocycles. The molecule has 5 N–H and O–H groups in total. The topological polar surface area (TPSA) is 126 Å². The van der Waals surface area contributed by atoms with E-state index in [9.17, 15) is 14.4 Å². The van der Waals surface area contributed by atoms with Crippen molar-refractivity contribution in [3.05, 3.63) is 0 Å². The Balaban J connectivity index is 2.08. The third-order valence-corrected chi connectivity index (χ3v) is 3.74. The molecule has 0 aromatic heterocycles. The summed E-state index contributed by atoms with van der Waals surface area (Å²) < 4.78 is 5.25. The van der Waals surface area contributed by atoms with Crippen molar-refractivity contribution < 1.29 is 19.1 Å². The number of amides is 3. The number of hydrogen-bond acceptors (Lipinski definition) is 6. The molecular weight excluding hydrogens is 314 g/mol. The third-order valence-electron chi connectivity index (χ3n) is 3.74. The van der Waals surface area contributed by atoms with Gasteiger partial charge in [-0.3, -0.25) is 19.3 Å². The van der Waals surface area contributed by atoms with Crippen LogP contribution in [0, 0.1) is 5.92 Å². The highest BCUT2D eigenvalue weighted by Gasteiger charge is 2.17. The molecule has 1 saturated heterocycles. The second-order valence-corrected chi connectivity index (χ2v) is 6.07. The molecule has 0 spiro atoms. The molecule has 3 amide bonds. The van der Waals surface area contributed by atoms with Gasteiger partial charge in [-0.1, -0.05) is 13.8 Å². The van der Waals surface area contributed by atoms with Crippen LogP contribution in [0.15, 0.2) is 0 Å². The normalized spacial score (nSPS) is 16.5. The molecule has 1 fully saturated rings. The van der Waals surface area contributed by atoms with Gasteiger partial charge in [0.25, 0.3) is 0 Å². The predicted molar refractivity (Wildman–Crippen MR) is 89.1 cm³/mol. The summed E-state index contributed by atoms with van der Waals surface area (Å²) in [7, 11) is 0. The number of morpholine rings is 1. The first-order valence-electron chi connectivity index (χ1n) is 8.27. The lowest BCUT2D eigenvalue weighted by atomic mass is 10.1. The molecule has 0 bridgehead atoms. The Morgan fingerprint density at radius 3 is 2.25 bits per heavy atom. The Morgan fingerprint density at radius 1 is 1.04 bits per heavy atom. The Morgan fingerprint density at radius 2 is 1.62 bits per heavy atom. The van der Waals surface area contributed by atoms with Crippen LogP contribution in [0.2, 0.25) is 0 Å². The Kier molecular flexibility index (Phi) is 9.28. The second-order valence-electron chi connectivity index (χ2n) is 6.07. The maximum absolute atomic E-state index is 11.6. The van der Waals surface area contributed by atoms with E-state index in [1.54, 1.807) is 0 Å². The molecule has 1 heterocycles. The molecule has 1 rings (SSSR count). The Labute approximate surface area is 142 Å². The number of hydrogen-bond donors (Lipinski definition) is 4. The summed E-state index contributed by atoms with van der Waals surface area (Å²) in [6.07, 6.45) is 0. The van der Waals surface area contributed by atoms with E-state index in [2.05, 4.69) is 20.9 Å². The first kappa shape index (κ1) is 20.3. The van der Waals surface area contributed by atoms with E-state index < -0.39 is 11.9 Å². The number of ether oxygens (including phenoxy) is 1. The lowest BCUT2D eigenvalue weighted by Crippen LogP contribution is -2.48. The maximum Gasteiger partial charge on any atom is 0.239 e. The summed E-state index contributed by atoms with van der Waals surface area (Å²) in [5.41, 5.74) is 5.67. The molecule has 0 unspecified atom stereocenters. The molecule has 1 aliphatic heterocycles. The molecular formula is C15H29N5O4. The molecule has 24 heavy (non-hydrogen) atoms. The van der Waals surface area contributed by atoms with E-state index in [1.165, 1.54) is 0 Å². The van der Waals surface area contributed by atoms with Crippen LogP contribution in [0.25, 0.3) is 0 Å². The van der Waals surface area contributed by atoms with Crippen molar-refractivity contribution in [2.45, 2.75) is 19.9 Å². The van der Waals surface area contributed by atoms with Crippen LogP contribution in [-0.4, -0.2) is 81.1 Å². The fraction of sp³-hybridized carbons (Fsp3) is 0.800. The van der Waals surface area contributed by atoms with Gasteiger partial charge < -0.3 is 26.4 Å². The lowest BCUT2D eigenvalue weighted by molar-refractivity contribution is -0.128. The number of carbonyl (C=O) groups excluding carboxylic acids is 3. The van der Waals surface area contributed by atoms with Crippen LogP contribution < -0.4 is 21.7 Å². The summed E-state index contributed by atoms with van der Waals surface area (Å²) in [6.45, 7) is 7.79. The highest BCUT2D eigenvalue weighted by Crippen LogP contribution is 1.97. The van der Waals surface area contributed by atoms with Gasteiger partial charge in [0.2, 0.25) is 17.7 Å². The molecule has 0 aromatic carbocycles. The Bertz CT molecular complexity index is 424. The largest absolute Gasteiger partial charge is 0.379 e. The van der Waals surface area contributed by atoms with E-state index in [-0.39, 0.29) is 30.8 Å². The number of rotatable bonds is 9. The summed E-state index contributed by atoms with van der Waals surface area (Å²) in [4.78, 5) is 37.1. The van der Waals surface area contributed by atoms with Crippen molar-refractivity contribution in [3.8, 4) is 0 Å². The van der Waals surface area contributed by atoms with Crippen LogP contribution in [0.5, 0.6) is 0 Å². The van der Waals surface area contributed by atoms with Gasteiger partial charge in [-0.05, 0) is 5.92 Å². The maximum atomic E-state index is 11.6. The zero-order valence-corrected chi connectivity index (χ0v) is 14.5. The van der Waals surface area contributed by atoms with Gasteiger partial charge in [0.1, 0.15) is 0 Å². The van der Waals surface area contributed by atoms with Crippen molar-refractivity contribution in [3.63, 3.8) is 0 Å². The van der Waals surface area contributed by atoms with Gasteiger partial charge in [-0.25, -0.2) is 0 Å². The minimum absolute atomic E-state index is 0.00898. The fourth-order valence-electron chi connectivity index (χ4n) is 2.07. The van der Waals surface area contributed by atoms with Crippen molar-refractivity contribution in [2.24, 2.45) is 11.7 Å². The van der Waals surface area contributed by atoms with Gasteiger partial charge >= 0.3 is 0 Å². The Hall–Kier alpha value is -1.71. The number of nitrogens with one attached hydrogen (secondary N) is 3. The second kappa shape index (κ2) is 11.0. The molecule has 9 nitrogen and oxygen atoms in total. The van der Waals surface area contributed by atoms with Crippen molar-refractivity contribution >= 4 is 17.7 Å². The molecule has 0 radical (unpaired) electrons. The van der Waals surface area contributed by atoms with E-state index in [0.29, 0.717) is 6.54 Å². The van der Waals surface area contributed by atoms with E-state index >= 15 is 0 Å². The summed E-state index contributed by atoms with van der Waals surface area (Å²) in [5, 5.41) is 7.64. The van der Waals surface area contributed by atoms with E-state index in [4.69, 9.17) is 10.5 Å². The zero-order valence-electron chi connectivity index (χ0n) is 14.5. The van der Waals surface area contributed by atoms with Crippen molar-refractivity contribution in [2.75, 3.05) is 52.5 Å². The van der Waals surface area contributed by atoms with Crippen molar-refractivity contribution in [1.82, 2.24) is 20.9 Å². The molecule has 9 heteroatoms. The van der Waals surface area contributed by atoms with Crippen LogP contribution in [0.3, 0.4) is 0 Å². The number of nitrogens with zero attached hydrogens (tertiary/aromatic N) is 1. The predicted octanol–water partition coefficient (Wildman–Crippen LogP) is -2.35. The standard InChI is InChI=1S/C15H29N5O4/c1-11(2)14(16)15(23)19-10-13(22)18-9-12(21)17-3-4-20-5-7-24-8-6-20/h11,14H,3-10,16H2,1-2H3,(H,17,21)(H,18,22)(H,19,23)/t14-/m0/s1. The molecule has 138 valence electrons. The van der Waals surface area contributed by atoms with E-state index in [0.717, 1.165) is 32.8 Å². The summed E-state index contributed by atoms with van der Waals surface area (Å²) in [6, 6.07) is -0.652. The average Bonchev–Trinajstić information content (AvgIpc) is 2.58. The van der Waals surface area contributed by atoms with Crippen LogP contribution in [-0.2, 0) is 19.1 Å². The highest BCUT2D eigenvalue weighted by atomic mass is 16.5. The number of carbonyl (C=O) groups is 3. The van der Waals surface area contributed by atoms with Crippen LogP contribution >= 0.6 is 0 Å². The third kappa shape index (κ3) is 8.23. The molecule has 1 atom stereocenters. The van der Waals surface area contributed by atoms with Crippen LogP contribution in [0.1, 0.15) is 13.8 Å². The summed E-state index contributed by atoms with van der Waals surface area (Å²) in [5.74, 6) is -1.08. The minimum Gasteiger partial charge on any atom is -0.379 e. The van der Waals surface area contributed by atoms with Crippen LogP contribution in [0.4, 0.5) is 0 Å². The molecule has 1 aliphatic rings. The first-order valence-corrected chi connectivity index (χ1v) is 8.27. The monoisotopic (exact) mass is 343 g/mol. The van der Waals surface area contributed by atoms with Gasteiger partial charge in [0.15, 0.2) is 0 Å². The van der Waals surface area contributed by atoms with Gasteiger partial charge in [-0.15, -0.1) is 0 Å². The molecule has 0 saturated carbocycles. The average molecular weight is 343 g/mol. The summed E-state index contributed by atoms with van der Waals surface area (Å²) >= 11 is 0.